The van der Waals surface area contributed by atoms with E-state index in [-0.39, 0.29) is 11.0 Å². The van der Waals surface area contributed by atoms with E-state index in [9.17, 15) is 0 Å². The summed E-state index contributed by atoms with van der Waals surface area (Å²) in [5.41, 5.74) is 1.44. The third kappa shape index (κ3) is 3.49. The third-order valence-corrected chi connectivity index (χ3v) is 5.64. The van der Waals surface area contributed by atoms with Gasteiger partial charge in [0.05, 0.1) is 11.2 Å². The van der Waals surface area contributed by atoms with E-state index in [4.69, 9.17) is 4.98 Å². The minimum Gasteiger partial charge on any atom is -0.316 e. The predicted octanol–water partition coefficient (Wildman–Crippen LogP) is 3.66. The molecule has 1 aromatic heterocycles. The predicted molar refractivity (Wildman–Crippen MR) is 92.1 cm³/mol. The molecule has 0 bridgehead atoms. The van der Waals surface area contributed by atoms with Crippen molar-refractivity contribution in [3.8, 4) is 0 Å². The smallest absolute Gasteiger partial charge is 0.113 e. The molecular weight excluding hydrogens is 278 g/mol. The van der Waals surface area contributed by atoms with Crippen LogP contribution in [0.5, 0.6) is 0 Å². The minimum absolute atomic E-state index is 0.0736. The van der Waals surface area contributed by atoms with Gasteiger partial charge in [-0.25, -0.2) is 4.98 Å². The lowest BCUT2D eigenvalue weighted by molar-refractivity contribution is 0.149. The van der Waals surface area contributed by atoms with Gasteiger partial charge in [-0.05, 0) is 38.3 Å². The van der Waals surface area contributed by atoms with E-state index >= 15 is 0 Å². The van der Waals surface area contributed by atoms with Crippen LogP contribution in [-0.4, -0.2) is 24.6 Å². The Morgan fingerprint density at radius 3 is 2.76 bits per heavy atom. The summed E-state index contributed by atoms with van der Waals surface area (Å²) >= 11 is 1.85. The Morgan fingerprint density at radius 2 is 2.19 bits per heavy atom. The van der Waals surface area contributed by atoms with Crippen molar-refractivity contribution in [1.82, 2.24) is 15.6 Å². The lowest BCUT2D eigenvalue weighted by atomic mass is 9.77. The lowest BCUT2D eigenvalue weighted by Crippen LogP contribution is -2.56. The molecule has 0 amide bonds. The van der Waals surface area contributed by atoms with Gasteiger partial charge in [-0.2, -0.15) is 0 Å². The van der Waals surface area contributed by atoms with Crippen molar-refractivity contribution < 1.29 is 0 Å². The van der Waals surface area contributed by atoms with E-state index in [1.54, 1.807) is 0 Å². The van der Waals surface area contributed by atoms with Gasteiger partial charge in [-0.3, -0.25) is 0 Å². The fourth-order valence-corrected chi connectivity index (χ4v) is 4.53. The summed E-state index contributed by atoms with van der Waals surface area (Å²) in [4.78, 5) is 5.06. The standard InChI is InChI=1S/C17H31N3S/c1-6-9-19-17(8-10-18-11-13(17)7-2)15-20-14(12-21-15)16(3,4)5/h12-13,18-19H,6-11H2,1-5H3. The van der Waals surface area contributed by atoms with Crippen molar-refractivity contribution >= 4 is 11.3 Å². The first-order valence-electron chi connectivity index (χ1n) is 8.36. The number of rotatable bonds is 5. The van der Waals surface area contributed by atoms with Crippen LogP contribution in [0.15, 0.2) is 5.38 Å². The Bertz CT molecular complexity index is 449. The zero-order valence-electron chi connectivity index (χ0n) is 14.3. The molecule has 4 heteroatoms. The van der Waals surface area contributed by atoms with Crippen molar-refractivity contribution in [2.45, 2.75) is 64.8 Å². The molecule has 1 saturated heterocycles. The molecule has 2 N–H and O–H groups in total. The van der Waals surface area contributed by atoms with Crippen LogP contribution in [0.4, 0.5) is 0 Å². The molecular formula is C17H31N3S. The average Bonchev–Trinajstić information content (AvgIpc) is 2.95. The topological polar surface area (TPSA) is 37.0 Å². The van der Waals surface area contributed by atoms with Crippen LogP contribution in [0, 0.1) is 5.92 Å². The molecule has 1 aliphatic rings. The van der Waals surface area contributed by atoms with Crippen LogP contribution in [0.25, 0.3) is 0 Å². The first-order chi connectivity index (χ1) is 9.94. The molecule has 1 aromatic rings. The van der Waals surface area contributed by atoms with Gasteiger partial charge >= 0.3 is 0 Å². The highest BCUT2D eigenvalue weighted by atomic mass is 32.1. The largest absolute Gasteiger partial charge is 0.316 e. The number of thiazole rings is 1. The Balaban J connectivity index is 2.36. The zero-order chi connectivity index (χ0) is 15.5. The van der Waals surface area contributed by atoms with Crippen molar-refractivity contribution in [3.63, 3.8) is 0 Å². The van der Waals surface area contributed by atoms with Crippen LogP contribution in [0.2, 0.25) is 0 Å². The summed E-state index contributed by atoms with van der Waals surface area (Å²) in [6.07, 6.45) is 3.50. The fourth-order valence-electron chi connectivity index (χ4n) is 3.19. The van der Waals surface area contributed by atoms with Gasteiger partial charge in [0.2, 0.25) is 0 Å². The second-order valence-electron chi connectivity index (χ2n) is 7.25. The number of hydrogen-bond acceptors (Lipinski definition) is 4. The highest BCUT2D eigenvalue weighted by molar-refractivity contribution is 7.09. The molecule has 1 aliphatic heterocycles. The Morgan fingerprint density at radius 1 is 1.43 bits per heavy atom. The third-order valence-electron chi connectivity index (χ3n) is 4.62. The molecule has 21 heavy (non-hydrogen) atoms. The molecule has 2 heterocycles. The Hall–Kier alpha value is -0.450. The van der Waals surface area contributed by atoms with Gasteiger partial charge in [-0.1, -0.05) is 34.6 Å². The summed E-state index contributed by atoms with van der Waals surface area (Å²) in [5.74, 6) is 0.622. The van der Waals surface area contributed by atoms with Crippen LogP contribution >= 0.6 is 11.3 Å². The second-order valence-corrected chi connectivity index (χ2v) is 8.10. The normalized spacial score (nSPS) is 27.0. The molecule has 0 radical (unpaired) electrons. The summed E-state index contributed by atoms with van der Waals surface area (Å²) in [5, 5.41) is 11.0. The number of hydrogen-bond donors (Lipinski definition) is 2. The molecule has 3 nitrogen and oxygen atoms in total. The molecule has 120 valence electrons. The summed E-state index contributed by atoms with van der Waals surface area (Å²) in [6.45, 7) is 14.5. The maximum absolute atomic E-state index is 5.06. The van der Waals surface area contributed by atoms with Crippen LogP contribution in [0.1, 0.15) is 64.6 Å². The maximum Gasteiger partial charge on any atom is 0.113 e. The Labute approximate surface area is 133 Å². The van der Waals surface area contributed by atoms with E-state index in [0.29, 0.717) is 5.92 Å². The minimum atomic E-state index is 0.0736. The number of nitrogens with zero attached hydrogens (tertiary/aromatic N) is 1. The van der Waals surface area contributed by atoms with Crippen LogP contribution in [0.3, 0.4) is 0 Å². The van der Waals surface area contributed by atoms with E-state index in [1.165, 1.54) is 23.5 Å². The first-order valence-corrected chi connectivity index (χ1v) is 9.24. The van der Waals surface area contributed by atoms with Gasteiger partial charge in [0.15, 0.2) is 0 Å². The van der Waals surface area contributed by atoms with Gasteiger partial charge in [0.1, 0.15) is 5.01 Å². The van der Waals surface area contributed by atoms with Crippen molar-refractivity contribution in [1.29, 1.82) is 0 Å². The number of nitrogens with one attached hydrogen (secondary N) is 2. The SMILES string of the molecule is CCCNC1(c2nc(C(C)(C)C)cs2)CCNCC1CC. The fraction of sp³-hybridized carbons (Fsp3) is 0.824. The molecule has 2 atom stereocenters. The van der Waals surface area contributed by atoms with Gasteiger partial charge in [0.25, 0.3) is 0 Å². The Kier molecular flexibility index (Phi) is 5.44. The maximum atomic E-state index is 5.06. The molecule has 0 aliphatic carbocycles. The first kappa shape index (κ1) is 16.9. The summed E-state index contributed by atoms with van der Waals surface area (Å²) in [6, 6.07) is 0. The molecule has 1 fully saturated rings. The quantitative estimate of drug-likeness (QED) is 0.871. The van der Waals surface area contributed by atoms with Gasteiger partial charge < -0.3 is 10.6 Å². The number of aromatic nitrogens is 1. The van der Waals surface area contributed by atoms with Gasteiger partial charge in [-0.15, -0.1) is 11.3 Å². The monoisotopic (exact) mass is 309 g/mol. The van der Waals surface area contributed by atoms with E-state index in [0.717, 1.165) is 26.1 Å². The van der Waals surface area contributed by atoms with Crippen LogP contribution < -0.4 is 10.6 Å². The van der Waals surface area contributed by atoms with E-state index in [2.05, 4.69) is 50.6 Å². The zero-order valence-corrected chi connectivity index (χ0v) is 15.1. The molecule has 2 unspecified atom stereocenters. The molecule has 0 saturated carbocycles. The van der Waals surface area contributed by atoms with Gasteiger partial charge in [0, 0.05) is 17.3 Å². The van der Waals surface area contributed by atoms with Crippen molar-refractivity contribution in [2.24, 2.45) is 5.92 Å². The highest BCUT2D eigenvalue weighted by Gasteiger charge is 2.43. The average molecular weight is 310 g/mol. The van der Waals surface area contributed by atoms with E-state index in [1.807, 2.05) is 11.3 Å². The summed E-state index contributed by atoms with van der Waals surface area (Å²) < 4.78 is 0. The lowest BCUT2D eigenvalue weighted by Gasteiger charge is -2.44. The molecule has 0 aromatic carbocycles. The summed E-state index contributed by atoms with van der Waals surface area (Å²) in [7, 11) is 0. The number of piperidine rings is 1. The van der Waals surface area contributed by atoms with Crippen LogP contribution in [-0.2, 0) is 11.0 Å². The van der Waals surface area contributed by atoms with Crippen molar-refractivity contribution in [3.05, 3.63) is 16.1 Å². The molecule has 2 rings (SSSR count). The van der Waals surface area contributed by atoms with E-state index < -0.39 is 0 Å². The van der Waals surface area contributed by atoms with Crippen molar-refractivity contribution in [2.75, 3.05) is 19.6 Å². The second kappa shape index (κ2) is 6.76. The molecule has 0 spiro atoms. The highest BCUT2D eigenvalue weighted by Crippen LogP contribution is 2.40.